The van der Waals surface area contributed by atoms with E-state index in [-0.39, 0.29) is 36.2 Å². The van der Waals surface area contributed by atoms with Gasteiger partial charge in [-0.1, -0.05) is 62.4 Å². The van der Waals surface area contributed by atoms with Crippen LogP contribution in [-0.2, 0) is 22.6 Å². The highest BCUT2D eigenvalue weighted by Gasteiger charge is 2.54. The summed E-state index contributed by atoms with van der Waals surface area (Å²) in [6.45, 7) is 8.71. The zero-order chi connectivity index (χ0) is 26.4. The van der Waals surface area contributed by atoms with Crippen molar-refractivity contribution in [3.05, 3.63) is 76.4 Å². The maximum atomic E-state index is 14.0. The first-order valence-electron chi connectivity index (χ1n) is 13.6. The average Bonchev–Trinajstić information content (AvgIpc) is 3.47. The molecule has 2 aromatic carbocycles. The molecule has 0 radical (unpaired) electrons. The first-order valence-corrected chi connectivity index (χ1v) is 14.5. The molecule has 1 aromatic heterocycles. The van der Waals surface area contributed by atoms with Crippen molar-refractivity contribution in [2.24, 2.45) is 5.92 Å². The molecule has 2 unspecified atom stereocenters. The van der Waals surface area contributed by atoms with E-state index in [1.807, 2.05) is 17.3 Å². The fourth-order valence-electron chi connectivity index (χ4n) is 6.15. The van der Waals surface area contributed by atoms with E-state index in [1.54, 1.807) is 11.3 Å². The minimum Gasteiger partial charge on any atom is -0.391 e. The van der Waals surface area contributed by atoms with Gasteiger partial charge < -0.3 is 20.1 Å². The minimum atomic E-state index is -0.493. The lowest BCUT2D eigenvalue weighted by Gasteiger charge is -2.38. The number of fused-ring (bicyclic) bond motifs is 3. The number of carbonyl (C=O) groups is 1. The van der Waals surface area contributed by atoms with Crippen LogP contribution >= 0.6 is 11.3 Å². The van der Waals surface area contributed by atoms with Gasteiger partial charge >= 0.3 is 0 Å². The summed E-state index contributed by atoms with van der Waals surface area (Å²) in [5.41, 5.74) is 7.80. The molecule has 2 fully saturated rings. The topological polar surface area (TPSA) is 81.2 Å². The van der Waals surface area contributed by atoms with E-state index in [1.165, 1.54) is 27.1 Å². The van der Waals surface area contributed by atoms with E-state index in [4.69, 9.17) is 4.74 Å². The molecule has 0 spiro atoms. The first kappa shape index (κ1) is 25.6. The Labute approximate surface area is 228 Å². The Kier molecular flexibility index (Phi) is 7.09. The van der Waals surface area contributed by atoms with Gasteiger partial charge in [-0.05, 0) is 41.5 Å². The van der Waals surface area contributed by atoms with Crippen LogP contribution in [0.4, 0.5) is 0 Å². The molecule has 7 nitrogen and oxygen atoms in total. The molecule has 1 amide bonds. The van der Waals surface area contributed by atoms with Crippen LogP contribution < -0.4 is 5.32 Å². The minimum absolute atomic E-state index is 0.0362. The predicted octanol–water partition coefficient (Wildman–Crippen LogP) is 4.11. The molecule has 38 heavy (non-hydrogen) atoms. The standard InChI is InChI=1S/C30H36N4O3S/c1-18(2)26(34-15-22-6-4-5-7-25(22)27-30(34)37-27)29(36)33-16-24(35)12-23(33)14-31-13-20-8-10-21(11-9-20)28-19(3)32-17-38-28/h4-11,17-18,23-24,26-27,30-31,35H,12-16H2,1-3H3/t23-,24+,26-,27?,30?/m0/s1. The second-order valence-electron chi connectivity index (χ2n) is 11.1. The van der Waals surface area contributed by atoms with Crippen molar-refractivity contribution in [3.63, 3.8) is 0 Å². The van der Waals surface area contributed by atoms with Crippen molar-refractivity contribution >= 4 is 17.2 Å². The van der Waals surface area contributed by atoms with Gasteiger partial charge in [0, 0.05) is 32.2 Å². The Morgan fingerprint density at radius 1 is 1.21 bits per heavy atom. The maximum Gasteiger partial charge on any atom is 0.240 e. The van der Waals surface area contributed by atoms with Crippen molar-refractivity contribution in [2.45, 2.75) is 70.8 Å². The third-order valence-electron chi connectivity index (χ3n) is 8.10. The van der Waals surface area contributed by atoms with Crippen LogP contribution in [0.15, 0.2) is 54.0 Å². The molecule has 2 saturated heterocycles. The summed E-state index contributed by atoms with van der Waals surface area (Å²) < 4.78 is 6.05. The molecule has 3 aliphatic rings. The highest BCUT2D eigenvalue weighted by atomic mass is 32.1. The van der Waals surface area contributed by atoms with Crippen LogP contribution in [0.5, 0.6) is 0 Å². The van der Waals surface area contributed by atoms with Crippen LogP contribution in [0.25, 0.3) is 10.4 Å². The molecule has 3 aliphatic heterocycles. The molecule has 0 saturated carbocycles. The van der Waals surface area contributed by atoms with Gasteiger partial charge in [-0.15, -0.1) is 11.3 Å². The summed E-state index contributed by atoms with van der Waals surface area (Å²) >= 11 is 1.66. The number of thiazole rings is 1. The number of likely N-dealkylation sites (tertiary alicyclic amines) is 1. The van der Waals surface area contributed by atoms with Crippen LogP contribution in [0, 0.1) is 12.8 Å². The lowest BCUT2D eigenvalue weighted by molar-refractivity contribution is -0.141. The largest absolute Gasteiger partial charge is 0.391 e. The fraction of sp³-hybridized carbons (Fsp3) is 0.467. The molecular weight excluding hydrogens is 496 g/mol. The molecule has 0 aliphatic carbocycles. The summed E-state index contributed by atoms with van der Waals surface area (Å²) in [6.07, 6.45) is 0.120. The number of aromatic nitrogens is 1. The smallest absolute Gasteiger partial charge is 0.240 e. The zero-order valence-electron chi connectivity index (χ0n) is 22.2. The Morgan fingerprint density at radius 2 is 2.00 bits per heavy atom. The Bertz CT molecular complexity index is 1290. The van der Waals surface area contributed by atoms with E-state index in [0.29, 0.717) is 32.6 Å². The Hall–Kier alpha value is -2.62. The van der Waals surface area contributed by atoms with Gasteiger partial charge in [0.1, 0.15) is 12.3 Å². The van der Waals surface area contributed by atoms with Gasteiger partial charge in [-0.25, -0.2) is 4.98 Å². The molecule has 3 aromatic rings. The molecular formula is C30H36N4O3S. The van der Waals surface area contributed by atoms with Gasteiger partial charge in [-0.3, -0.25) is 9.69 Å². The molecule has 2 N–H and O–H groups in total. The zero-order valence-corrected chi connectivity index (χ0v) is 23.0. The maximum absolute atomic E-state index is 14.0. The normalized spacial score (nSPS) is 25.3. The quantitative estimate of drug-likeness (QED) is 0.425. The molecule has 0 bridgehead atoms. The van der Waals surface area contributed by atoms with Crippen LogP contribution in [0.2, 0.25) is 0 Å². The Balaban J connectivity index is 1.10. The van der Waals surface area contributed by atoms with Gasteiger partial charge in [0.2, 0.25) is 5.91 Å². The third-order valence-corrected chi connectivity index (χ3v) is 9.08. The number of aryl methyl sites for hydroxylation is 1. The second kappa shape index (κ2) is 10.5. The number of epoxide rings is 1. The molecule has 6 rings (SSSR count). The number of β-amino-alcohol motifs (C(OH)–C–C–N with tert-alkyl or cyclic N) is 1. The number of rotatable bonds is 8. The fourth-order valence-corrected chi connectivity index (χ4v) is 6.97. The monoisotopic (exact) mass is 532 g/mol. The lowest BCUT2D eigenvalue weighted by atomic mass is 9.94. The number of hydrogen-bond acceptors (Lipinski definition) is 7. The molecule has 8 heteroatoms. The second-order valence-corrected chi connectivity index (χ2v) is 12.0. The van der Waals surface area contributed by atoms with Crippen LogP contribution in [0.3, 0.4) is 0 Å². The van der Waals surface area contributed by atoms with Gasteiger partial charge in [0.05, 0.1) is 28.2 Å². The number of nitrogens with one attached hydrogen (secondary N) is 1. The number of aliphatic hydroxyl groups is 1. The highest BCUT2D eigenvalue weighted by molar-refractivity contribution is 7.13. The SMILES string of the molecule is Cc1ncsc1-c1ccc(CNC[C@@H]2C[C@@H](O)CN2C(=O)[C@H](C(C)C)N2Cc3ccccc3C3OC32)cc1. The van der Waals surface area contributed by atoms with Gasteiger partial charge in [0.25, 0.3) is 0 Å². The third kappa shape index (κ3) is 4.92. The number of amides is 1. The summed E-state index contributed by atoms with van der Waals surface area (Å²) in [5.74, 6) is 0.228. The molecule has 5 atom stereocenters. The number of aliphatic hydroxyl groups excluding tert-OH is 1. The summed E-state index contributed by atoms with van der Waals surface area (Å²) in [6, 6.07) is 16.6. The van der Waals surface area contributed by atoms with Crippen molar-refractivity contribution in [1.29, 1.82) is 0 Å². The van der Waals surface area contributed by atoms with E-state index >= 15 is 0 Å². The van der Waals surface area contributed by atoms with Crippen molar-refractivity contribution in [3.8, 4) is 10.4 Å². The average molecular weight is 533 g/mol. The number of benzene rings is 2. The van der Waals surface area contributed by atoms with Crippen molar-refractivity contribution < 1.29 is 14.6 Å². The molecule has 4 heterocycles. The Morgan fingerprint density at radius 3 is 2.74 bits per heavy atom. The molecule has 200 valence electrons. The van der Waals surface area contributed by atoms with Gasteiger partial charge in [-0.2, -0.15) is 0 Å². The predicted molar refractivity (Wildman–Crippen MR) is 148 cm³/mol. The number of nitrogens with zero attached hydrogens (tertiary/aromatic N) is 3. The van der Waals surface area contributed by atoms with Crippen LogP contribution in [0.1, 0.15) is 48.8 Å². The summed E-state index contributed by atoms with van der Waals surface area (Å²) in [4.78, 5) is 23.7. The van der Waals surface area contributed by atoms with Gasteiger partial charge in [0.15, 0.2) is 0 Å². The van der Waals surface area contributed by atoms with Crippen molar-refractivity contribution in [1.82, 2.24) is 20.1 Å². The van der Waals surface area contributed by atoms with Crippen LogP contribution in [-0.4, -0.2) is 63.3 Å². The first-order chi connectivity index (χ1) is 18.4. The summed E-state index contributed by atoms with van der Waals surface area (Å²) in [7, 11) is 0. The summed E-state index contributed by atoms with van der Waals surface area (Å²) in [5, 5.41) is 14.1. The number of carbonyl (C=O) groups excluding carboxylic acids is 1. The number of hydrogen-bond donors (Lipinski definition) is 2. The van der Waals surface area contributed by atoms with E-state index in [0.717, 1.165) is 5.69 Å². The van der Waals surface area contributed by atoms with E-state index in [2.05, 4.69) is 77.6 Å². The highest BCUT2D eigenvalue weighted by Crippen LogP contribution is 2.48. The van der Waals surface area contributed by atoms with E-state index in [9.17, 15) is 9.90 Å². The van der Waals surface area contributed by atoms with Crippen molar-refractivity contribution in [2.75, 3.05) is 13.1 Å². The number of ether oxygens (including phenoxy) is 1. The van der Waals surface area contributed by atoms with E-state index < -0.39 is 6.10 Å². The lowest BCUT2D eigenvalue weighted by Crippen LogP contribution is -2.55.